The van der Waals surface area contributed by atoms with Crippen LogP contribution in [0, 0.1) is 5.92 Å². The summed E-state index contributed by atoms with van der Waals surface area (Å²) < 4.78 is 0. The second kappa shape index (κ2) is 5.81. The van der Waals surface area contributed by atoms with Crippen LogP contribution in [0.3, 0.4) is 0 Å². The van der Waals surface area contributed by atoms with Crippen molar-refractivity contribution in [1.29, 1.82) is 0 Å². The fraction of sp³-hybridized carbons (Fsp3) is 0.438. The van der Waals surface area contributed by atoms with Gasteiger partial charge in [0.1, 0.15) is 5.78 Å². The highest BCUT2D eigenvalue weighted by Gasteiger charge is 2.28. The van der Waals surface area contributed by atoms with E-state index in [1.54, 1.807) is 0 Å². The Balaban J connectivity index is 2.02. The molecule has 2 unspecified atom stereocenters. The molecule has 1 aliphatic carbocycles. The van der Waals surface area contributed by atoms with E-state index in [0.29, 0.717) is 11.7 Å². The third-order valence-electron chi connectivity index (χ3n) is 3.75. The van der Waals surface area contributed by atoms with E-state index in [1.165, 1.54) is 5.56 Å². The van der Waals surface area contributed by atoms with Crippen LogP contribution in [-0.2, 0) is 4.79 Å². The minimum absolute atomic E-state index is 0.256. The van der Waals surface area contributed by atoms with Gasteiger partial charge in [-0.05, 0) is 37.2 Å². The lowest BCUT2D eigenvalue weighted by Gasteiger charge is -2.28. The Morgan fingerprint density at radius 3 is 2.76 bits per heavy atom. The first-order chi connectivity index (χ1) is 8.31. The summed E-state index contributed by atoms with van der Waals surface area (Å²) in [6.07, 6.45) is 6.65. The summed E-state index contributed by atoms with van der Waals surface area (Å²) in [5.74, 6) is 1.29. The fourth-order valence-electron chi connectivity index (χ4n) is 2.74. The van der Waals surface area contributed by atoms with Crippen molar-refractivity contribution in [3.63, 3.8) is 0 Å². The predicted molar refractivity (Wildman–Crippen MR) is 71.0 cm³/mol. The molecule has 0 amide bonds. The molecule has 1 nitrogen and oxygen atoms in total. The Morgan fingerprint density at radius 2 is 2.06 bits per heavy atom. The van der Waals surface area contributed by atoms with Gasteiger partial charge in [-0.15, -0.1) is 6.58 Å². The quantitative estimate of drug-likeness (QED) is 0.709. The van der Waals surface area contributed by atoms with E-state index in [1.807, 2.05) is 12.1 Å². The van der Waals surface area contributed by atoms with Gasteiger partial charge in [-0.3, -0.25) is 4.79 Å². The Labute approximate surface area is 104 Å². The number of ketones is 1. The molecule has 1 saturated carbocycles. The highest BCUT2D eigenvalue weighted by Crippen LogP contribution is 2.36. The van der Waals surface area contributed by atoms with Crippen LogP contribution < -0.4 is 0 Å². The smallest absolute Gasteiger partial charge is 0.136 e. The van der Waals surface area contributed by atoms with Crippen molar-refractivity contribution in [3.8, 4) is 0 Å². The second-order valence-corrected chi connectivity index (χ2v) is 4.91. The largest absolute Gasteiger partial charge is 0.299 e. The molecule has 1 heteroatoms. The molecule has 90 valence electrons. The van der Waals surface area contributed by atoms with E-state index in [4.69, 9.17) is 0 Å². The maximum atomic E-state index is 11.8. The zero-order valence-electron chi connectivity index (χ0n) is 10.3. The Hall–Kier alpha value is -1.37. The molecular formula is C16H20O. The zero-order valence-corrected chi connectivity index (χ0v) is 10.3. The van der Waals surface area contributed by atoms with E-state index in [2.05, 4.69) is 30.8 Å². The molecular weight excluding hydrogens is 208 g/mol. The topological polar surface area (TPSA) is 17.1 Å². The molecule has 0 spiro atoms. The minimum atomic E-state index is 0.256. The number of hydrogen-bond donors (Lipinski definition) is 0. The van der Waals surface area contributed by atoms with Crippen molar-refractivity contribution < 1.29 is 4.79 Å². The highest BCUT2D eigenvalue weighted by atomic mass is 16.1. The van der Waals surface area contributed by atoms with Gasteiger partial charge in [-0.1, -0.05) is 36.4 Å². The van der Waals surface area contributed by atoms with Crippen LogP contribution in [0.1, 0.15) is 43.6 Å². The predicted octanol–water partition coefficient (Wildman–Crippen LogP) is 4.11. The number of Topliss-reactive ketones (excluding diaryl/α,β-unsaturated/α-hetero) is 1. The molecule has 0 radical (unpaired) electrons. The molecule has 0 aliphatic heterocycles. The molecule has 0 saturated heterocycles. The van der Waals surface area contributed by atoms with Gasteiger partial charge in [0.05, 0.1) is 0 Å². The number of allylic oxidation sites excluding steroid dienone is 1. The molecule has 1 aromatic carbocycles. The summed E-state index contributed by atoms with van der Waals surface area (Å²) in [6, 6.07) is 10.6. The number of benzene rings is 1. The van der Waals surface area contributed by atoms with Gasteiger partial charge in [0.2, 0.25) is 0 Å². The molecule has 1 fully saturated rings. The summed E-state index contributed by atoms with van der Waals surface area (Å²) in [4.78, 5) is 11.8. The summed E-state index contributed by atoms with van der Waals surface area (Å²) in [5.41, 5.74) is 1.39. The standard InChI is InChI=1S/C16H20O/c1-2-3-7-15-12-14(10-11-16(15)17)13-8-5-4-6-9-13/h2,4-6,8-9,14-15H,1,3,7,10-12H2. The first-order valence-electron chi connectivity index (χ1n) is 6.50. The van der Waals surface area contributed by atoms with Crippen molar-refractivity contribution in [1.82, 2.24) is 0 Å². The SMILES string of the molecule is C=CCCC1CC(c2ccccc2)CCC1=O. The Bertz CT molecular complexity index is 380. The number of rotatable bonds is 4. The monoisotopic (exact) mass is 228 g/mol. The Kier molecular flexibility index (Phi) is 4.13. The molecule has 1 aromatic rings. The van der Waals surface area contributed by atoms with E-state index in [-0.39, 0.29) is 5.92 Å². The molecule has 0 heterocycles. The lowest BCUT2D eigenvalue weighted by atomic mass is 9.75. The summed E-state index contributed by atoms with van der Waals surface area (Å²) >= 11 is 0. The maximum absolute atomic E-state index is 11.8. The molecule has 1 aliphatic rings. The third-order valence-corrected chi connectivity index (χ3v) is 3.75. The van der Waals surface area contributed by atoms with Gasteiger partial charge in [-0.25, -0.2) is 0 Å². The van der Waals surface area contributed by atoms with Crippen molar-refractivity contribution in [2.24, 2.45) is 5.92 Å². The maximum Gasteiger partial charge on any atom is 0.136 e. The first kappa shape index (κ1) is 12.1. The Morgan fingerprint density at radius 1 is 1.29 bits per heavy atom. The van der Waals surface area contributed by atoms with Crippen LogP contribution in [0.15, 0.2) is 43.0 Å². The molecule has 17 heavy (non-hydrogen) atoms. The van der Waals surface area contributed by atoms with Crippen LogP contribution in [0.5, 0.6) is 0 Å². The average Bonchev–Trinajstić information content (AvgIpc) is 2.39. The van der Waals surface area contributed by atoms with Crippen molar-refractivity contribution in [2.45, 2.75) is 38.0 Å². The number of carbonyl (C=O) groups is 1. The normalized spacial score (nSPS) is 24.6. The molecule has 2 atom stereocenters. The molecule has 0 aromatic heterocycles. The van der Waals surface area contributed by atoms with E-state index >= 15 is 0 Å². The molecule has 0 bridgehead atoms. The zero-order chi connectivity index (χ0) is 12.1. The summed E-state index contributed by atoms with van der Waals surface area (Å²) in [6.45, 7) is 3.74. The van der Waals surface area contributed by atoms with Gasteiger partial charge < -0.3 is 0 Å². The van der Waals surface area contributed by atoms with Crippen LogP contribution >= 0.6 is 0 Å². The van der Waals surface area contributed by atoms with Crippen molar-refractivity contribution in [3.05, 3.63) is 48.6 Å². The molecule has 0 N–H and O–H groups in total. The van der Waals surface area contributed by atoms with Crippen molar-refractivity contribution in [2.75, 3.05) is 0 Å². The second-order valence-electron chi connectivity index (χ2n) is 4.91. The van der Waals surface area contributed by atoms with Gasteiger partial charge >= 0.3 is 0 Å². The summed E-state index contributed by atoms with van der Waals surface area (Å²) in [5, 5.41) is 0. The molecule has 2 rings (SSSR count). The fourth-order valence-corrected chi connectivity index (χ4v) is 2.74. The van der Waals surface area contributed by atoms with Crippen LogP contribution in [0.25, 0.3) is 0 Å². The minimum Gasteiger partial charge on any atom is -0.299 e. The number of carbonyl (C=O) groups excluding carboxylic acids is 1. The lowest BCUT2D eigenvalue weighted by Crippen LogP contribution is -2.23. The highest BCUT2D eigenvalue weighted by molar-refractivity contribution is 5.82. The van der Waals surface area contributed by atoms with Gasteiger partial charge in [0.25, 0.3) is 0 Å². The first-order valence-corrected chi connectivity index (χ1v) is 6.50. The van der Waals surface area contributed by atoms with Crippen LogP contribution in [-0.4, -0.2) is 5.78 Å². The van der Waals surface area contributed by atoms with Crippen LogP contribution in [0.4, 0.5) is 0 Å². The van der Waals surface area contributed by atoms with E-state index in [0.717, 1.165) is 32.1 Å². The van der Waals surface area contributed by atoms with Crippen LogP contribution in [0.2, 0.25) is 0 Å². The van der Waals surface area contributed by atoms with Gasteiger partial charge in [0.15, 0.2) is 0 Å². The number of hydrogen-bond acceptors (Lipinski definition) is 1. The lowest BCUT2D eigenvalue weighted by molar-refractivity contribution is -0.125. The van der Waals surface area contributed by atoms with E-state index < -0.39 is 0 Å². The van der Waals surface area contributed by atoms with Gasteiger partial charge in [-0.2, -0.15) is 0 Å². The van der Waals surface area contributed by atoms with Crippen molar-refractivity contribution >= 4 is 5.78 Å². The third kappa shape index (κ3) is 3.06. The van der Waals surface area contributed by atoms with E-state index in [9.17, 15) is 4.79 Å². The van der Waals surface area contributed by atoms with Gasteiger partial charge in [0, 0.05) is 12.3 Å². The summed E-state index contributed by atoms with van der Waals surface area (Å²) in [7, 11) is 0. The average molecular weight is 228 g/mol.